The van der Waals surface area contributed by atoms with Gasteiger partial charge >= 0.3 is 0 Å². The standard InChI is InChI=1S/C42H19N2O2.C18H17N2O.C17H13N2O.C12H23N3O.C8H16N2O.C8H10N2O/c1-6-10-14-16-18-20-22-24-27-35-44(36-28-25-23-21-19-17-15-11-7-2)39(29-13-9-4)37-41(30-26-12-8-3)46-40-33-31-38(32-34-40)42(45)43-5;1-4-6-9-13-17(20-14-10-8-11-15-20)16(12-7-5-2)18(21)19-3;1-3-4-5-6-7-8-9-10-11-14-19-15-12-13-16(19)17(20)18-2;1-13-12(16)11-4-8-15(9-5-11)10-14-6-2-3-7-14;1-9-8(11)7-3-5-10(2)6-4-7;1-9-8(11)5-7-3-2-4-10-6-7/h6,10,31-34H,1-2,4H2,3,5H3,(H,43,45);2H,1,8,10-11,14-15H2,3H3,(H,19,21);16H,1,12-13,15H2,2H3,(H,18,20);11H,2-10H2,1H3,(H,13,16);7H,3-6H2,1-2H3,(H,9,11);2-4,6H,5H2,1H3,(H,9,11)/q-3;2*-1;;;/b;17-16-;;;;. The first-order valence-corrected chi connectivity index (χ1v) is 39.4. The van der Waals surface area contributed by atoms with Crippen molar-refractivity contribution in [2.24, 2.45) is 11.8 Å². The van der Waals surface area contributed by atoms with Gasteiger partial charge in [-0.1, -0.05) is 47.3 Å². The highest BCUT2D eigenvalue weighted by molar-refractivity contribution is 5.99. The molecule has 1 aromatic carbocycles. The quantitative estimate of drug-likeness (QED) is 0.0248. The number of ether oxygens (including phenoxy) is 1. The first-order chi connectivity index (χ1) is 61.0. The number of carbonyl (C=O) groups excluding carboxylic acids is 6. The molecule has 0 bridgehead atoms. The third kappa shape index (κ3) is 48.0. The molecule has 125 heavy (non-hydrogen) atoms. The van der Waals surface area contributed by atoms with Crippen molar-refractivity contribution in [2.45, 2.75) is 90.0 Å². The highest BCUT2D eigenvalue weighted by Crippen LogP contribution is 2.22. The number of benzene rings is 1. The first kappa shape index (κ1) is 104. The van der Waals surface area contributed by atoms with Gasteiger partial charge in [0.15, 0.2) is 0 Å². The minimum Gasteiger partial charge on any atom is -0.476 e. The lowest BCUT2D eigenvalue weighted by molar-refractivity contribution is -0.126. The molecule has 5 fully saturated rings. The van der Waals surface area contributed by atoms with Gasteiger partial charge < -0.3 is 51.3 Å². The number of amides is 6. The van der Waals surface area contributed by atoms with E-state index < -0.39 is 0 Å². The van der Waals surface area contributed by atoms with Crippen LogP contribution in [0.25, 0.3) is 0 Å². The number of rotatable bonds is 15. The summed E-state index contributed by atoms with van der Waals surface area (Å²) in [6.45, 7) is 29.1. The number of hydrogen-bond donors (Lipinski definition) is 6. The van der Waals surface area contributed by atoms with E-state index in [1.54, 1.807) is 91.3 Å². The van der Waals surface area contributed by atoms with Gasteiger partial charge in [0.05, 0.1) is 18.8 Å². The van der Waals surface area contributed by atoms with Crippen LogP contribution in [0.3, 0.4) is 0 Å². The predicted octanol–water partition coefficient (Wildman–Crippen LogP) is 5.49. The normalized spacial score (nSPS) is 13.1. The number of piperidine rings is 3. The van der Waals surface area contributed by atoms with Crippen LogP contribution in [-0.2, 0) is 30.4 Å². The van der Waals surface area contributed by atoms with Crippen LogP contribution in [0.2, 0.25) is 0 Å². The molecule has 5 saturated heterocycles. The fraction of sp³-hybridized carbons (Fsp3) is 0.314. The Balaban J connectivity index is 0.000000556. The van der Waals surface area contributed by atoms with Gasteiger partial charge in [-0.15, -0.1) is 30.6 Å². The van der Waals surface area contributed by atoms with Crippen LogP contribution in [-0.4, -0.2) is 191 Å². The average molecular weight is 1650 g/mol. The second-order valence-corrected chi connectivity index (χ2v) is 25.5. The van der Waals surface area contributed by atoms with Gasteiger partial charge in [-0.2, -0.15) is 51.0 Å². The Bertz CT molecular complexity index is 5640. The van der Waals surface area contributed by atoms with Crippen LogP contribution in [0.5, 0.6) is 5.75 Å². The molecule has 20 heteroatoms. The number of pyridine rings is 1. The molecule has 1 atom stereocenters. The third-order valence-corrected chi connectivity index (χ3v) is 17.1. The van der Waals surface area contributed by atoms with Crippen molar-refractivity contribution in [2.75, 3.05) is 115 Å². The zero-order chi connectivity index (χ0) is 91.4. The smallest absolute Gasteiger partial charge is 0.262 e. The fourth-order valence-corrected chi connectivity index (χ4v) is 11.0. The van der Waals surface area contributed by atoms with Crippen LogP contribution in [0.1, 0.15) is 93.5 Å². The summed E-state index contributed by atoms with van der Waals surface area (Å²) in [6.07, 6.45) is 26.9. The average Bonchev–Trinajstić information content (AvgIpc) is 1.86. The van der Waals surface area contributed by atoms with E-state index in [1.165, 1.54) is 44.3 Å². The number of likely N-dealkylation sites (tertiary alicyclic amines) is 5. The summed E-state index contributed by atoms with van der Waals surface area (Å²) in [7, 11) is 11.9. The Hall–Kier alpha value is -16.8. The van der Waals surface area contributed by atoms with E-state index in [2.05, 4.69) is 352 Å². The van der Waals surface area contributed by atoms with Gasteiger partial charge in [0.2, 0.25) is 23.6 Å². The van der Waals surface area contributed by atoms with Gasteiger partial charge in [0.1, 0.15) is 23.1 Å². The molecule has 1 aromatic heterocycles. The second kappa shape index (κ2) is 69.2. The zero-order valence-electron chi connectivity index (χ0n) is 72.2. The number of likely N-dealkylation sites (N-methyl/N-ethyl adjacent to an activating group) is 3. The SMILES string of the molecule is C#CC#C/C(C(=O)NC)=C(\C#CC#C[CH2-])N1CCCCC1.C=C=C=C=C([C-]=C(C#CC#CC)Oc1ccc(C(=O)NC)cc1)N(C#CC#CC#CC#CC#C[CH2-])C#CC#CC#CC#C[CH-]C=C.CNC(=O)C1CCN(C)CC1.CNC(=O)C1CCN(CN2CCCC2)CC1.CNC(=O)Cc1cccnc1.[CH2-]C#CC#CC#CC#CC#CN1CCCC1C(=O)NC. The molecule has 20 nitrogen and oxygen atoms in total. The lowest BCUT2D eigenvalue weighted by Gasteiger charge is -2.33. The van der Waals surface area contributed by atoms with Gasteiger partial charge in [-0.25, -0.2) is 28.6 Å². The molecule has 0 saturated carbocycles. The van der Waals surface area contributed by atoms with Crippen molar-refractivity contribution < 1.29 is 33.5 Å². The Morgan fingerprint density at radius 3 is 1.62 bits per heavy atom. The number of aromatic nitrogens is 1. The Labute approximate surface area is 743 Å². The van der Waals surface area contributed by atoms with Crippen LogP contribution < -0.4 is 36.6 Å². The third-order valence-electron chi connectivity index (χ3n) is 17.1. The number of nitrogens with one attached hydrogen (secondary N) is 6. The maximum Gasteiger partial charge on any atom is 0.262 e. The monoisotopic (exact) mass is 1650 g/mol. The number of nitrogens with zero attached hydrogens (tertiary/aromatic N) is 7. The summed E-state index contributed by atoms with van der Waals surface area (Å²) < 4.78 is 5.93. The molecule has 6 N–H and O–H groups in total. The highest BCUT2D eigenvalue weighted by Gasteiger charge is 2.29. The summed E-state index contributed by atoms with van der Waals surface area (Å²) in [6, 6.07) is 18.3. The van der Waals surface area contributed by atoms with Crippen LogP contribution >= 0.6 is 0 Å². The molecule has 1 unspecified atom stereocenters. The lowest BCUT2D eigenvalue weighted by atomic mass is 9.96. The van der Waals surface area contributed by atoms with E-state index in [4.69, 9.17) is 11.2 Å². The molecular formula is C105H98N13O7-5. The minimum absolute atomic E-state index is 0.00801. The summed E-state index contributed by atoms with van der Waals surface area (Å²) in [4.78, 5) is 85.3. The minimum atomic E-state index is -0.296. The van der Waals surface area contributed by atoms with Gasteiger partial charge in [-0.05, 0) is 230 Å². The number of allylic oxidation sites excluding steroid dienone is 4. The van der Waals surface area contributed by atoms with Gasteiger partial charge in [0.25, 0.3) is 11.8 Å². The van der Waals surface area contributed by atoms with Crippen molar-refractivity contribution in [1.29, 1.82) is 0 Å². The van der Waals surface area contributed by atoms with Crippen LogP contribution in [0.15, 0.2) is 108 Å². The van der Waals surface area contributed by atoms with E-state index in [1.807, 2.05) is 17.0 Å². The van der Waals surface area contributed by atoms with Gasteiger partial charge in [-0.3, -0.25) is 61.3 Å². The van der Waals surface area contributed by atoms with E-state index in [9.17, 15) is 28.8 Å². The van der Waals surface area contributed by atoms with Crippen molar-refractivity contribution in [1.82, 2.24) is 66.3 Å². The number of hydrogen-bond acceptors (Lipinski definition) is 14. The van der Waals surface area contributed by atoms with Crippen LogP contribution in [0.4, 0.5) is 0 Å². The predicted molar refractivity (Wildman–Crippen MR) is 492 cm³/mol. The molecule has 2 aromatic rings. The lowest BCUT2D eigenvalue weighted by Crippen LogP contribution is -2.44. The van der Waals surface area contributed by atoms with E-state index in [-0.39, 0.29) is 70.4 Å². The van der Waals surface area contributed by atoms with E-state index in [0.717, 1.165) is 109 Å². The zero-order valence-corrected chi connectivity index (χ0v) is 72.2. The molecule has 630 valence electrons. The summed E-state index contributed by atoms with van der Waals surface area (Å²) in [5.41, 5.74) is 10.2. The van der Waals surface area contributed by atoms with Crippen LogP contribution in [0, 0.1) is 283 Å². The van der Waals surface area contributed by atoms with Crippen molar-refractivity contribution in [3.8, 4) is 243 Å². The van der Waals surface area contributed by atoms with E-state index in [0.29, 0.717) is 23.4 Å². The van der Waals surface area contributed by atoms with Gasteiger partial charge in [0, 0.05) is 170 Å². The first-order valence-electron chi connectivity index (χ1n) is 39.4. The van der Waals surface area contributed by atoms with Crippen molar-refractivity contribution in [3.05, 3.63) is 152 Å². The molecule has 7 rings (SSSR count). The fourth-order valence-electron chi connectivity index (χ4n) is 11.0. The maximum absolute atomic E-state index is 12.1. The molecule has 6 amide bonds. The van der Waals surface area contributed by atoms with E-state index >= 15 is 0 Å². The number of carbonyl (C=O) groups is 6. The number of terminal acetylenes is 1. The molecule has 0 spiro atoms. The largest absolute Gasteiger partial charge is 0.476 e. The Morgan fingerprint density at radius 2 is 1.10 bits per heavy atom. The molecule has 6 heterocycles. The molecule has 0 aliphatic carbocycles. The molecule has 5 aliphatic heterocycles. The van der Waals surface area contributed by atoms with Crippen molar-refractivity contribution >= 4 is 35.4 Å². The molecule has 5 aliphatic rings. The summed E-state index contributed by atoms with van der Waals surface area (Å²) >= 11 is 0. The Kier molecular flexibility index (Phi) is 57.8. The second-order valence-electron chi connectivity index (χ2n) is 25.5. The maximum atomic E-state index is 12.1. The molecular weight excluding hydrogens is 1560 g/mol. The summed E-state index contributed by atoms with van der Waals surface area (Å²) in [5, 5.41) is 15.8. The topological polar surface area (TPSA) is 216 Å². The Morgan fingerprint density at radius 1 is 0.576 bits per heavy atom. The van der Waals surface area contributed by atoms with Crippen molar-refractivity contribution in [3.63, 3.8) is 0 Å². The summed E-state index contributed by atoms with van der Waals surface area (Å²) in [5.74, 6) is 93.3. The highest BCUT2D eigenvalue weighted by atomic mass is 16.5. The molecule has 0 radical (unpaired) electrons.